The summed E-state index contributed by atoms with van der Waals surface area (Å²) in [6.45, 7) is 1.90. The van der Waals surface area contributed by atoms with E-state index < -0.39 is 11.4 Å². The van der Waals surface area contributed by atoms with Gasteiger partial charge in [0.25, 0.3) is 5.91 Å². The first-order chi connectivity index (χ1) is 13.7. The molecule has 1 amide bonds. The van der Waals surface area contributed by atoms with E-state index in [0.29, 0.717) is 32.0 Å². The van der Waals surface area contributed by atoms with Crippen LogP contribution in [0.25, 0.3) is 5.65 Å². The van der Waals surface area contributed by atoms with Crippen molar-refractivity contribution in [2.75, 3.05) is 26.3 Å². The summed E-state index contributed by atoms with van der Waals surface area (Å²) < 4.78 is 27.1. The minimum Gasteiger partial charge on any atom is -0.475 e. The van der Waals surface area contributed by atoms with E-state index in [0.717, 1.165) is 12.1 Å². The van der Waals surface area contributed by atoms with Crippen LogP contribution in [0.5, 0.6) is 5.88 Å². The number of pyridine rings is 2. The molecule has 2 aliphatic heterocycles. The Bertz CT molecular complexity index is 1030. The summed E-state index contributed by atoms with van der Waals surface area (Å²) in [5, 5.41) is 0. The van der Waals surface area contributed by atoms with Crippen LogP contribution < -0.4 is 4.74 Å². The number of fused-ring (bicyclic) bond motifs is 1. The number of carbonyl (C=O) groups is 1. The highest BCUT2D eigenvalue weighted by Crippen LogP contribution is 2.40. The Labute approximate surface area is 160 Å². The highest BCUT2D eigenvalue weighted by molar-refractivity contribution is 5.94. The number of rotatable bonds is 4. The lowest BCUT2D eigenvalue weighted by atomic mass is 9.81. The summed E-state index contributed by atoms with van der Waals surface area (Å²) in [5.74, 6) is -0.466. The maximum Gasteiger partial charge on any atom is 0.272 e. The van der Waals surface area contributed by atoms with Crippen molar-refractivity contribution in [1.29, 1.82) is 0 Å². The van der Waals surface area contributed by atoms with Gasteiger partial charge in [0.05, 0.1) is 25.9 Å². The summed E-state index contributed by atoms with van der Waals surface area (Å²) >= 11 is 0. The predicted octanol–water partition coefficient (Wildman–Crippen LogP) is 2.18. The van der Waals surface area contributed by atoms with Crippen LogP contribution in [-0.2, 0) is 4.74 Å². The minimum atomic E-state index is -0.478. The summed E-state index contributed by atoms with van der Waals surface area (Å²) in [5.41, 5.74) is 0.843. The lowest BCUT2D eigenvalue weighted by Gasteiger charge is -2.49. The maximum absolute atomic E-state index is 13.7. The molecule has 28 heavy (non-hydrogen) atoms. The van der Waals surface area contributed by atoms with Crippen molar-refractivity contribution >= 4 is 11.6 Å². The van der Waals surface area contributed by atoms with E-state index in [1.807, 2.05) is 24.4 Å². The molecule has 0 N–H and O–H groups in total. The van der Waals surface area contributed by atoms with Gasteiger partial charge >= 0.3 is 0 Å². The second kappa shape index (κ2) is 6.56. The molecule has 0 unspecified atom stereocenters. The number of hydrogen-bond donors (Lipinski definition) is 0. The fraction of sp³-hybridized carbons (Fsp3) is 0.350. The summed E-state index contributed by atoms with van der Waals surface area (Å²) in [7, 11) is 0. The third kappa shape index (κ3) is 2.72. The van der Waals surface area contributed by atoms with Crippen molar-refractivity contribution in [2.24, 2.45) is 5.92 Å². The van der Waals surface area contributed by atoms with Gasteiger partial charge in [-0.05, 0) is 30.7 Å². The number of halogens is 1. The Balaban J connectivity index is 1.26. The first-order valence-electron chi connectivity index (χ1n) is 9.25. The topological polar surface area (TPSA) is 69.0 Å². The van der Waals surface area contributed by atoms with E-state index in [1.54, 1.807) is 15.5 Å². The number of carbonyl (C=O) groups excluding carboxylic acids is 1. The zero-order valence-corrected chi connectivity index (χ0v) is 15.1. The van der Waals surface area contributed by atoms with Gasteiger partial charge in [0.1, 0.15) is 16.9 Å². The number of nitrogens with zero attached hydrogens (tertiary/aromatic N) is 4. The standard InChI is InChI=1S/C20H19FN4O3/c21-15-4-3-7-22-18(15)27-11-14-6-9-28-20(14)12-24(13-20)19(26)16-10-23-17-5-1-2-8-25(16)17/h1-5,7-8,10,14H,6,9,11-13H2/t14-/m1/s1. The number of aromatic nitrogens is 3. The van der Waals surface area contributed by atoms with Gasteiger partial charge in [0.2, 0.25) is 5.88 Å². The van der Waals surface area contributed by atoms with Gasteiger partial charge in [-0.15, -0.1) is 0 Å². The van der Waals surface area contributed by atoms with Crippen LogP contribution in [-0.4, -0.2) is 57.1 Å². The fourth-order valence-electron chi connectivity index (χ4n) is 4.02. The quantitative estimate of drug-likeness (QED) is 0.692. The molecule has 3 aromatic rings. The van der Waals surface area contributed by atoms with E-state index >= 15 is 0 Å². The molecule has 2 fully saturated rings. The summed E-state index contributed by atoms with van der Waals surface area (Å²) in [6, 6.07) is 8.46. The van der Waals surface area contributed by atoms with Gasteiger partial charge in [-0.1, -0.05) is 6.07 Å². The van der Waals surface area contributed by atoms with Crippen molar-refractivity contribution in [2.45, 2.75) is 12.0 Å². The molecule has 5 heterocycles. The molecule has 8 heteroatoms. The highest BCUT2D eigenvalue weighted by atomic mass is 19.1. The molecule has 0 saturated carbocycles. The predicted molar refractivity (Wildman–Crippen MR) is 97.6 cm³/mol. The monoisotopic (exact) mass is 382 g/mol. The molecule has 144 valence electrons. The molecule has 2 saturated heterocycles. The average Bonchev–Trinajstić information content (AvgIpc) is 3.30. The summed E-state index contributed by atoms with van der Waals surface area (Å²) in [6.07, 6.45) is 5.74. The van der Waals surface area contributed by atoms with Crippen LogP contribution in [0.2, 0.25) is 0 Å². The van der Waals surface area contributed by atoms with Crippen molar-refractivity contribution in [1.82, 2.24) is 19.3 Å². The number of ether oxygens (including phenoxy) is 2. The molecule has 1 atom stereocenters. The van der Waals surface area contributed by atoms with Gasteiger partial charge in [-0.3, -0.25) is 9.20 Å². The largest absolute Gasteiger partial charge is 0.475 e. The second-order valence-electron chi connectivity index (χ2n) is 7.23. The van der Waals surface area contributed by atoms with Gasteiger partial charge in [-0.25, -0.2) is 14.4 Å². The third-order valence-electron chi connectivity index (χ3n) is 5.59. The van der Waals surface area contributed by atoms with E-state index in [2.05, 4.69) is 9.97 Å². The lowest BCUT2D eigenvalue weighted by molar-refractivity contribution is -0.122. The van der Waals surface area contributed by atoms with E-state index in [9.17, 15) is 9.18 Å². The highest BCUT2D eigenvalue weighted by Gasteiger charge is 2.55. The Hall–Kier alpha value is -3.00. The van der Waals surface area contributed by atoms with Crippen LogP contribution in [0, 0.1) is 11.7 Å². The van der Waals surface area contributed by atoms with E-state index in [1.165, 1.54) is 18.3 Å². The third-order valence-corrected chi connectivity index (χ3v) is 5.59. The molecule has 5 rings (SSSR count). The van der Waals surface area contributed by atoms with Crippen LogP contribution in [0.15, 0.2) is 48.9 Å². The Morgan fingerprint density at radius 1 is 1.29 bits per heavy atom. The van der Waals surface area contributed by atoms with Gasteiger partial charge in [0, 0.05) is 24.9 Å². The summed E-state index contributed by atoms with van der Waals surface area (Å²) in [4.78, 5) is 22.9. The Morgan fingerprint density at radius 3 is 3.04 bits per heavy atom. The van der Waals surface area contributed by atoms with E-state index in [-0.39, 0.29) is 17.7 Å². The normalized spacial score (nSPS) is 20.5. The van der Waals surface area contributed by atoms with Crippen molar-refractivity contribution in [3.05, 3.63) is 60.4 Å². The van der Waals surface area contributed by atoms with Crippen LogP contribution in [0.1, 0.15) is 16.9 Å². The zero-order valence-electron chi connectivity index (χ0n) is 15.1. The molecular weight excluding hydrogens is 363 g/mol. The number of amides is 1. The molecule has 7 nitrogen and oxygen atoms in total. The molecule has 0 aromatic carbocycles. The van der Waals surface area contributed by atoms with Crippen LogP contribution in [0.4, 0.5) is 4.39 Å². The van der Waals surface area contributed by atoms with E-state index in [4.69, 9.17) is 9.47 Å². The van der Waals surface area contributed by atoms with Crippen LogP contribution in [0.3, 0.4) is 0 Å². The van der Waals surface area contributed by atoms with Gasteiger partial charge in [0.15, 0.2) is 5.82 Å². The van der Waals surface area contributed by atoms with Crippen molar-refractivity contribution in [3.63, 3.8) is 0 Å². The SMILES string of the molecule is O=C(c1cnc2ccccn12)N1CC2(C1)OCC[C@@H]2COc1ncccc1F. The average molecular weight is 382 g/mol. The van der Waals surface area contributed by atoms with Crippen molar-refractivity contribution in [3.8, 4) is 5.88 Å². The molecule has 0 aliphatic carbocycles. The Morgan fingerprint density at radius 2 is 2.18 bits per heavy atom. The molecule has 2 aliphatic rings. The number of likely N-dealkylation sites (tertiary alicyclic amines) is 1. The first-order valence-corrected chi connectivity index (χ1v) is 9.25. The zero-order chi connectivity index (χ0) is 19.1. The molecule has 3 aromatic heterocycles. The Kier molecular flexibility index (Phi) is 4.01. The second-order valence-corrected chi connectivity index (χ2v) is 7.23. The maximum atomic E-state index is 13.7. The minimum absolute atomic E-state index is 0.00235. The molecule has 0 bridgehead atoms. The van der Waals surface area contributed by atoms with Gasteiger partial charge < -0.3 is 14.4 Å². The van der Waals surface area contributed by atoms with Crippen molar-refractivity contribution < 1.29 is 18.7 Å². The fourth-order valence-corrected chi connectivity index (χ4v) is 4.02. The smallest absolute Gasteiger partial charge is 0.272 e. The molecule has 0 radical (unpaired) electrons. The lowest BCUT2D eigenvalue weighted by Crippen LogP contribution is -2.66. The number of hydrogen-bond acceptors (Lipinski definition) is 5. The number of imidazole rings is 1. The molecule has 1 spiro atoms. The van der Waals surface area contributed by atoms with Crippen LogP contribution >= 0.6 is 0 Å². The van der Waals surface area contributed by atoms with Gasteiger partial charge in [-0.2, -0.15) is 0 Å². The first kappa shape index (κ1) is 17.1. The molecular formula is C20H19FN4O3.